The van der Waals surface area contributed by atoms with Crippen molar-refractivity contribution in [1.82, 2.24) is 10.2 Å². The predicted octanol–water partition coefficient (Wildman–Crippen LogP) is 3.02. The Morgan fingerprint density at radius 1 is 1.39 bits per heavy atom. The van der Waals surface area contributed by atoms with Gasteiger partial charge in [-0.3, -0.25) is 9.69 Å². The molecule has 1 aliphatic rings. The van der Waals surface area contributed by atoms with Crippen LogP contribution in [0.5, 0.6) is 0 Å². The van der Waals surface area contributed by atoms with E-state index in [0.717, 1.165) is 5.56 Å². The van der Waals surface area contributed by atoms with E-state index in [-0.39, 0.29) is 17.8 Å². The molecule has 124 valence electrons. The van der Waals surface area contributed by atoms with Gasteiger partial charge in [0, 0.05) is 19.0 Å². The molecule has 4 nitrogen and oxygen atoms in total. The highest BCUT2D eigenvalue weighted by Gasteiger charge is 2.32. The lowest BCUT2D eigenvalue weighted by Crippen LogP contribution is -2.43. The summed E-state index contributed by atoms with van der Waals surface area (Å²) in [5.41, 5.74) is 0.874. The molecule has 2 rings (SSSR count). The maximum Gasteiger partial charge on any atom is 0.234 e. The van der Waals surface area contributed by atoms with Gasteiger partial charge in [-0.05, 0) is 50.3 Å². The van der Waals surface area contributed by atoms with Crippen molar-refractivity contribution in [2.75, 3.05) is 13.1 Å². The number of nitriles is 1. The Labute approximate surface area is 137 Å². The van der Waals surface area contributed by atoms with Crippen LogP contribution in [0.25, 0.3) is 0 Å². The summed E-state index contributed by atoms with van der Waals surface area (Å²) in [6.07, 6.45) is 2.84. The standard InChI is InChI=1S/C18H24FN3O/c1-13(15-6-8-17(19)9-7-15)21-18(23)12-22(11-3-10-20)14(2)16-4-5-16/h6-9,13-14,16H,3-5,11-12H2,1-2H3,(H,21,23)/t13-,14-/m1/s1. The number of rotatable bonds is 8. The van der Waals surface area contributed by atoms with Crippen molar-refractivity contribution in [2.45, 2.75) is 45.2 Å². The second-order valence-electron chi connectivity index (χ2n) is 6.30. The molecule has 1 saturated carbocycles. The fourth-order valence-electron chi connectivity index (χ4n) is 2.80. The molecule has 1 N–H and O–H groups in total. The molecule has 0 saturated heterocycles. The molecule has 2 atom stereocenters. The topological polar surface area (TPSA) is 56.1 Å². The Hall–Kier alpha value is -1.93. The van der Waals surface area contributed by atoms with Gasteiger partial charge in [0.25, 0.3) is 0 Å². The van der Waals surface area contributed by atoms with Crippen LogP contribution in [0.4, 0.5) is 4.39 Å². The van der Waals surface area contributed by atoms with Crippen LogP contribution in [-0.2, 0) is 4.79 Å². The van der Waals surface area contributed by atoms with Gasteiger partial charge in [-0.2, -0.15) is 5.26 Å². The molecular weight excluding hydrogens is 293 g/mol. The molecular formula is C18H24FN3O. The van der Waals surface area contributed by atoms with Crippen LogP contribution < -0.4 is 5.32 Å². The lowest BCUT2D eigenvalue weighted by Gasteiger charge is -2.28. The van der Waals surface area contributed by atoms with Gasteiger partial charge in [0.1, 0.15) is 5.82 Å². The van der Waals surface area contributed by atoms with E-state index in [1.165, 1.54) is 25.0 Å². The van der Waals surface area contributed by atoms with Gasteiger partial charge in [0.05, 0.1) is 18.7 Å². The third-order valence-electron chi connectivity index (χ3n) is 4.49. The molecule has 1 amide bonds. The zero-order chi connectivity index (χ0) is 16.8. The van der Waals surface area contributed by atoms with E-state index in [1.807, 2.05) is 6.92 Å². The van der Waals surface area contributed by atoms with Crippen LogP contribution in [0.15, 0.2) is 24.3 Å². The SMILES string of the molecule is C[C@H](C1CC1)N(CCC#N)CC(=O)N[C@H](C)c1ccc(F)cc1. The quantitative estimate of drug-likeness (QED) is 0.802. The summed E-state index contributed by atoms with van der Waals surface area (Å²) in [7, 11) is 0. The van der Waals surface area contributed by atoms with Crippen molar-refractivity contribution in [3.8, 4) is 6.07 Å². The first-order chi connectivity index (χ1) is 11.0. The smallest absolute Gasteiger partial charge is 0.234 e. The van der Waals surface area contributed by atoms with E-state index in [2.05, 4.69) is 23.2 Å². The van der Waals surface area contributed by atoms with Crippen LogP contribution in [0.3, 0.4) is 0 Å². The molecule has 5 heteroatoms. The fourth-order valence-corrected chi connectivity index (χ4v) is 2.80. The average Bonchev–Trinajstić information content (AvgIpc) is 3.36. The van der Waals surface area contributed by atoms with Gasteiger partial charge >= 0.3 is 0 Å². The average molecular weight is 317 g/mol. The van der Waals surface area contributed by atoms with Crippen molar-refractivity contribution in [3.05, 3.63) is 35.6 Å². The second-order valence-corrected chi connectivity index (χ2v) is 6.30. The lowest BCUT2D eigenvalue weighted by molar-refractivity contribution is -0.123. The zero-order valence-corrected chi connectivity index (χ0v) is 13.8. The van der Waals surface area contributed by atoms with E-state index in [9.17, 15) is 9.18 Å². The monoisotopic (exact) mass is 317 g/mol. The van der Waals surface area contributed by atoms with Gasteiger partial charge in [0.2, 0.25) is 5.91 Å². The molecule has 0 heterocycles. The van der Waals surface area contributed by atoms with Crippen molar-refractivity contribution in [1.29, 1.82) is 5.26 Å². The summed E-state index contributed by atoms with van der Waals surface area (Å²) >= 11 is 0. The van der Waals surface area contributed by atoms with Crippen molar-refractivity contribution in [2.24, 2.45) is 5.92 Å². The van der Waals surface area contributed by atoms with Gasteiger partial charge in [-0.25, -0.2) is 4.39 Å². The number of hydrogen-bond acceptors (Lipinski definition) is 3. The Bertz CT molecular complexity index is 563. The Kier molecular flexibility index (Phi) is 6.12. The first kappa shape index (κ1) is 17.4. The highest BCUT2D eigenvalue weighted by atomic mass is 19.1. The first-order valence-electron chi connectivity index (χ1n) is 8.17. The van der Waals surface area contributed by atoms with Crippen molar-refractivity contribution in [3.63, 3.8) is 0 Å². The molecule has 0 aliphatic heterocycles. The second kappa shape index (κ2) is 8.07. The molecule has 1 aromatic rings. The molecule has 0 spiro atoms. The molecule has 0 bridgehead atoms. The molecule has 0 unspecified atom stereocenters. The molecule has 0 aromatic heterocycles. The van der Waals surface area contributed by atoms with Crippen LogP contribution in [0.2, 0.25) is 0 Å². The summed E-state index contributed by atoms with van der Waals surface area (Å²) in [6, 6.07) is 8.46. The van der Waals surface area contributed by atoms with Crippen LogP contribution in [-0.4, -0.2) is 29.9 Å². The Morgan fingerprint density at radius 2 is 2.04 bits per heavy atom. The normalized spacial score (nSPS) is 16.7. The Balaban J connectivity index is 1.89. The minimum absolute atomic E-state index is 0.0627. The maximum absolute atomic E-state index is 13.0. The van der Waals surface area contributed by atoms with Gasteiger partial charge in [-0.1, -0.05) is 12.1 Å². The third-order valence-corrected chi connectivity index (χ3v) is 4.49. The van der Waals surface area contributed by atoms with E-state index in [4.69, 9.17) is 5.26 Å². The predicted molar refractivity (Wildman–Crippen MR) is 86.9 cm³/mol. The van der Waals surface area contributed by atoms with E-state index in [0.29, 0.717) is 31.5 Å². The summed E-state index contributed by atoms with van der Waals surface area (Å²) in [4.78, 5) is 14.4. The zero-order valence-electron chi connectivity index (χ0n) is 13.8. The van der Waals surface area contributed by atoms with Gasteiger partial charge in [0.15, 0.2) is 0 Å². The number of nitrogens with one attached hydrogen (secondary N) is 1. The maximum atomic E-state index is 13.0. The number of carbonyl (C=O) groups is 1. The highest BCUT2D eigenvalue weighted by molar-refractivity contribution is 5.78. The minimum atomic E-state index is -0.284. The van der Waals surface area contributed by atoms with E-state index >= 15 is 0 Å². The van der Waals surface area contributed by atoms with E-state index in [1.54, 1.807) is 12.1 Å². The number of carbonyl (C=O) groups excluding carboxylic acids is 1. The third kappa shape index (κ3) is 5.33. The summed E-state index contributed by atoms with van der Waals surface area (Å²) < 4.78 is 13.0. The van der Waals surface area contributed by atoms with Crippen molar-refractivity contribution < 1.29 is 9.18 Å². The summed E-state index contributed by atoms with van der Waals surface area (Å²) in [5.74, 6) is 0.302. The van der Waals surface area contributed by atoms with Crippen molar-refractivity contribution >= 4 is 5.91 Å². The number of nitrogens with zero attached hydrogens (tertiary/aromatic N) is 2. The molecule has 1 fully saturated rings. The summed E-state index contributed by atoms with van der Waals surface area (Å²) in [5, 5.41) is 11.7. The van der Waals surface area contributed by atoms with Crippen LogP contribution in [0, 0.1) is 23.1 Å². The lowest BCUT2D eigenvalue weighted by atomic mass is 10.1. The molecule has 1 aliphatic carbocycles. The Morgan fingerprint density at radius 3 is 2.61 bits per heavy atom. The fraction of sp³-hybridized carbons (Fsp3) is 0.556. The largest absolute Gasteiger partial charge is 0.348 e. The highest BCUT2D eigenvalue weighted by Crippen LogP contribution is 2.35. The van der Waals surface area contributed by atoms with Gasteiger partial charge in [-0.15, -0.1) is 0 Å². The van der Waals surface area contributed by atoms with Crippen LogP contribution >= 0.6 is 0 Å². The molecule has 1 aromatic carbocycles. The molecule has 23 heavy (non-hydrogen) atoms. The molecule has 0 radical (unpaired) electrons. The summed E-state index contributed by atoms with van der Waals surface area (Å²) in [6.45, 7) is 4.93. The number of benzene rings is 1. The van der Waals surface area contributed by atoms with E-state index < -0.39 is 0 Å². The minimum Gasteiger partial charge on any atom is -0.348 e. The number of hydrogen-bond donors (Lipinski definition) is 1. The van der Waals surface area contributed by atoms with Gasteiger partial charge < -0.3 is 5.32 Å². The number of halogens is 1. The van der Waals surface area contributed by atoms with Crippen LogP contribution in [0.1, 0.15) is 44.7 Å². The first-order valence-corrected chi connectivity index (χ1v) is 8.17. The number of amides is 1.